The van der Waals surface area contributed by atoms with Gasteiger partial charge in [-0.2, -0.15) is 0 Å². The van der Waals surface area contributed by atoms with Gasteiger partial charge in [0.15, 0.2) is 6.61 Å². The molecule has 1 aromatic carbocycles. The molecule has 0 saturated carbocycles. The molecule has 1 saturated heterocycles. The molecule has 1 aromatic rings. The highest BCUT2D eigenvalue weighted by atomic mass is 35.5. The van der Waals surface area contributed by atoms with Crippen LogP contribution in [0, 0.1) is 0 Å². The van der Waals surface area contributed by atoms with Gasteiger partial charge in [0.05, 0.1) is 17.6 Å². The molecule has 0 spiro atoms. The van der Waals surface area contributed by atoms with Crippen molar-refractivity contribution in [3.8, 4) is 5.75 Å². The number of nitrogens with zero attached hydrogens (tertiary/aromatic N) is 1. The zero-order chi connectivity index (χ0) is 14.6. The molecule has 20 heavy (non-hydrogen) atoms. The monoisotopic (exact) mass is 297 g/mol. The summed E-state index contributed by atoms with van der Waals surface area (Å²) in [6.45, 7) is 5.03. The van der Waals surface area contributed by atoms with Gasteiger partial charge in [0, 0.05) is 13.1 Å². The summed E-state index contributed by atoms with van der Waals surface area (Å²) >= 11 is 5.86. The van der Waals surface area contributed by atoms with Gasteiger partial charge < -0.3 is 14.4 Å². The molecule has 1 amide bonds. The van der Waals surface area contributed by atoms with E-state index in [2.05, 4.69) is 0 Å². The zero-order valence-corrected chi connectivity index (χ0v) is 12.6. The highest BCUT2D eigenvalue weighted by Crippen LogP contribution is 2.22. The van der Waals surface area contributed by atoms with Crippen molar-refractivity contribution in [3.63, 3.8) is 0 Å². The van der Waals surface area contributed by atoms with Gasteiger partial charge in [0.25, 0.3) is 5.91 Å². The van der Waals surface area contributed by atoms with E-state index in [0.29, 0.717) is 24.7 Å². The van der Waals surface area contributed by atoms with E-state index < -0.39 is 0 Å². The molecule has 0 aliphatic carbocycles. The number of hydrogen-bond acceptors (Lipinski definition) is 3. The van der Waals surface area contributed by atoms with Gasteiger partial charge in [-0.1, -0.05) is 18.2 Å². The number of alkyl halides is 1. The average Bonchev–Trinajstić information content (AvgIpc) is 2.44. The van der Waals surface area contributed by atoms with E-state index in [1.165, 1.54) is 0 Å². The number of morpholine rings is 1. The van der Waals surface area contributed by atoms with Crippen molar-refractivity contribution in [2.75, 3.05) is 25.6 Å². The van der Waals surface area contributed by atoms with Crippen LogP contribution >= 0.6 is 11.6 Å². The Morgan fingerprint density at radius 3 is 2.80 bits per heavy atom. The summed E-state index contributed by atoms with van der Waals surface area (Å²) in [6.07, 6.45) is -0.124. The number of hydrogen-bond donors (Lipinski definition) is 0. The van der Waals surface area contributed by atoms with Gasteiger partial charge in [0.1, 0.15) is 5.75 Å². The molecule has 5 heteroatoms. The Labute approximate surface area is 124 Å². The van der Waals surface area contributed by atoms with Gasteiger partial charge >= 0.3 is 0 Å². The standard InChI is InChI=1S/C15H20ClNO3/c1-15(2)11-17(9-13(8-16)20-15)14(18)10-19-12-6-4-3-5-7-12/h3-7,13H,8-11H2,1-2H3. The summed E-state index contributed by atoms with van der Waals surface area (Å²) in [5, 5.41) is 0. The Morgan fingerprint density at radius 2 is 2.15 bits per heavy atom. The molecule has 0 radical (unpaired) electrons. The Kier molecular flexibility index (Phi) is 4.89. The third kappa shape index (κ3) is 4.12. The first-order chi connectivity index (χ1) is 9.50. The summed E-state index contributed by atoms with van der Waals surface area (Å²) in [6, 6.07) is 9.32. The highest BCUT2D eigenvalue weighted by Gasteiger charge is 2.35. The van der Waals surface area contributed by atoms with E-state index in [4.69, 9.17) is 21.1 Å². The smallest absolute Gasteiger partial charge is 0.260 e. The van der Waals surface area contributed by atoms with Crippen LogP contribution in [-0.2, 0) is 9.53 Å². The number of benzene rings is 1. The molecular formula is C15H20ClNO3. The van der Waals surface area contributed by atoms with Crippen molar-refractivity contribution >= 4 is 17.5 Å². The quantitative estimate of drug-likeness (QED) is 0.801. The number of halogens is 1. The van der Waals surface area contributed by atoms with Crippen LogP contribution in [0.3, 0.4) is 0 Å². The molecule has 1 fully saturated rings. The van der Waals surface area contributed by atoms with Crippen molar-refractivity contribution < 1.29 is 14.3 Å². The zero-order valence-electron chi connectivity index (χ0n) is 11.8. The molecule has 1 aliphatic rings. The first-order valence-electron chi connectivity index (χ1n) is 6.69. The molecule has 1 atom stereocenters. The maximum atomic E-state index is 12.2. The Bertz CT molecular complexity index is 450. The second-order valence-corrected chi connectivity index (χ2v) is 5.84. The Morgan fingerprint density at radius 1 is 1.45 bits per heavy atom. The molecule has 0 N–H and O–H groups in total. The molecule has 1 aliphatic heterocycles. The maximum absolute atomic E-state index is 12.2. The van der Waals surface area contributed by atoms with E-state index in [0.717, 1.165) is 0 Å². The largest absolute Gasteiger partial charge is 0.484 e. The van der Waals surface area contributed by atoms with Crippen LogP contribution in [0.4, 0.5) is 0 Å². The van der Waals surface area contributed by atoms with Crippen molar-refractivity contribution in [2.45, 2.75) is 25.6 Å². The van der Waals surface area contributed by atoms with E-state index in [9.17, 15) is 4.79 Å². The third-order valence-corrected chi connectivity index (χ3v) is 3.46. The Balaban J connectivity index is 1.91. The topological polar surface area (TPSA) is 38.8 Å². The number of carbonyl (C=O) groups excluding carboxylic acids is 1. The van der Waals surface area contributed by atoms with Gasteiger partial charge in [-0.25, -0.2) is 0 Å². The third-order valence-electron chi connectivity index (χ3n) is 3.11. The van der Waals surface area contributed by atoms with Gasteiger partial charge in [-0.15, -0.1) is 11.6 Å². The molecule has 1 unspecified atom stereocenters. The lowest BCUT2D eigenvalue weighted by molar-refractivity contribution is -0.159. The summed E-state index contributed by atoms with van der Waals surface area (Å²) in [5.41, 5.74) is -0.375. The van der Waals surface area contributed by atoms with Crippen LogP contribution in [0.5, 0.6) is 5.75 Å². The summed E-state index contributed by atoms with van der Waals surface area (Å²) in [5.74, 6) is 1.04. The number of rotatable bonds is 4. The fourth-order valence-corrected chi connectivity index (χ4v) is 2.48. The minimum Gasteiger partial charge on any atom is -0.484 e. The van der Waals surface area contributed by atoms with Crippen LogP contribution in [0.1, 0.15) is 13.8 Å². The van der Waals surface area contributed by atoms with Crippen LogP contribution in [0.15, 0.2) is 30.3 Å². The maximum Gasteiger partial charge on any atom is 0.260 e. The molecule has 2 rings (SSSR count). The molecule has 4 nitrogen and oxygen atoms in total. The lowest BCUT2D eigenvalue weighted by atomic mass is 10.1. The van der Waals surface area contributed by atoms with Crippen LogP contribution in [-0.4, -0.2) is 48.1 Å². The number of ether oxygens (including phenoxy) is 2. The van der Waals surface area contributed by atoms with Crippen molar-refractivity contribution in [3.05, 3.63) is 30.3 Å². The summed E-state index contributed by atoms with van der Waals surface area (Å²) in [4.78, 5) is 14.0. The molecule has 1 heterocycles. The first-order valence-corrected chi connectivity index (χ1v) is 7.23. The molecule has 0 aromatic heterocycles. The van der Waals surface area contributed by atoms with Gasteiger partial charge in [-0.3, -0.25) is 4.79 Å². The normalized spacial score (nSPS) is 21.6. The highest BCUT2D eigenvalue weighted by molar-refractivity contribution is 6.18. The predicted octanol–water partition coefficient (Wildman–Crippen LogP) is 2.31. The van der Waals surface area contributed by atoms with Crippen LogP contribution < -0.4 is 4.74 Å². The SMILES string of the molecule is CC1(C)CN(C(=O)COc2ccccc2)CC(CCl)O1. The van der Waals surface area contributed by atoms with E-state index in [1.54, 1.807) is 4.90 Å². The fraction of sp³-hybridized carbons (Fsp3) is 0.533. The second-order valence-electron chi connectivity index (χ2n) is 5.53. The molecular weight excluding hydrogens is 278 g/mol. The minimum absolute atomic E-state index is 0.0368. The summed E-state index contributed by atoms with van der Waals surface area (Å²) < 4.78 is 11.3. The number of para-hydroxylation sites is 1. The van der Waals surface area contributed by atoms with E-state index in [1.807, 2.05) is 44.2 Å². The minimum atomic E-state index is -0.375. The number of amides is 1. The fourth-order valence-electron chi connectivity index (χ4n) is 2.32. The van der Waals surface area contributed by atoms with E-state index in [-0.39, 0.29) is 24.2 Å². The molecule has 110 valence electrons. The lowest BCUT2D eigenvalue weighted by Crippen LogP contribution is -2.56. The van der Waals surface area contributed by atoms with Crippen molar-refractivity contribution in [1.82, 2.24) is 4.90 Å². The van der Waals surface area contributed by atoms with Crippen LogP contribution in [0.2, 0.25) is 0 Å². The summed E-state index contributed by atoms with van der Waals surface area (Å²) in [7, 11) is 0. The van der Waals surface area contributed by atoms with Crippen LogP contribution in [0.25, 0.3) is 0 Å². The lowest BCUT2D eigenvalue weighted by Gasteiger charge is -2.42. The second kappa shape index (κ2) is 6.46. The van der Waals surface area contributed by atoms with Crippen molar-refractivity contribution in [1.29, 1.82) is 0 Å². The molecule has 0 bridgehead atoms. The first kappa shape index (κ1) is 15.1. The van der Waals surface area contributed by atoms with Gasteiger partial charge in [-0.05, 0) is 26.0 Å². The number of carbonyl (C=O) groups is 1. The predicted molar refractivity (Wildman–Crippen MR) is 78.2 cm³/mol. The van der Waals surface area contributed by atoms with Crippen molar-refractivity contribution in [2.24, 2.45) is 0 Å². The Hall–Kier alpha value is -1.26. The average molecular weight is 298 g/mol. The van der Waals surface area contributed by atoms with Gasteiger partial charge in [0.2, 0.25) is 0 Å². The van der Waals surface area contributed by atoms with E-state index >= 15 is 0 Å².